The number of ether oxygens (including phenoxy) is 1. The van der Waals surface area contributed by atoms with Crippen molar-refractivity contribution >= 4 is 25.3 Å². The Morgan fingerprint density at radius 3 is 2.34 bits per heavy atom. The molecular formula is C31H43NO5Si. The maximum absolute atomic E-state index is 13.4. The van der Waals surface area contributed by atoms with Gasteiger partial charge >= 0.3 is 6.09 Å². The van der Waals surface area contributed by atoms with Crippen molar-refractivity contribution in [3.05, 3.63) is 69.2 Å². The Hall–Kier alpha value is -2.90. The molecule has 0 saturated heterocycles. The first-order valence-corrected chi connectivity index (χ1v) is 16.1. The Bertz CT molecular complexity index is 1420. The summed E-state index contributed by atoms with van der Waals surface area (Å²) in [5.41, 5.74) is 3.30. The van der Waals surface area contributed by atoms with Crippen LogP contribution < -0.4 is 5.43 Å². The second-order valence-corrected chi connectivity index (χ2v) is 17.6. The minimum absolute atomic E-state index is 0.0311. The van der Waals surface area contributed by atoms with Crippen molar-refractivity contribution in [2.24, 2.45) is 0 Å². The van der Waals surface area contributed by atoms with E-state index in [1.54, 1.807) is 17.7 Å². The van der Waals surface area contributed by atoms with Crippen LogP contribution >= 0.6 is 0 Å². The van der Waals surface area contributed by atoms with E-state index in [4.69, 9.17) is 13.6 Å². The van der Waals surface area contributed by atoms with E-state index in [0.29, 0.717) is 29.1 Å². The summed E-state index contributed by atoms with van der Waals surface area (Å²) in [5.74, 6) is 0.914. The number of carbonyl (C=O) groups is 1. The molecule has 0 radical (unpaired) electrons. The maximum Gasteiger partial charge on any atom is 0.419 e. The Morgan fingerprint density at radius 1 is 1.11 bits per heavy atom. The van der Waals surface area contributed by atoms with Gasteiger partial charge in [0.1, 0.15) is 17.1 Å². The number of allylic oxidation sites excluding steroid dienone is 2. The smallest absolute Gasteiger partial charge is 0.419 e. The molecule has 0 aliphatic heterocycles. The molecule has 0 aliphatic carbocycles. The molecule has 2 heterocycles. The topological polar surface area (TPSA) is 70.7 Å². The monoisotopic (exact) mass is 537 g/mol. The van der Waals surface area contributed by atoms with Crippen LogP contribution in [0.3, 0.4) is 0 Å². The van der Waals surface area contributed by atoms with E-state index >= 15 is 0 Å². The van der Waals surface area contributed by atoms with Crippen molar-refractivity contribution in [1.29, 1.82) is 0 Å². The molecule has 0 aliphatic rings. The molecule has 206 valence electrons. The molecule has 38 heavy (non-hydrogen) atoms. The largest absolute Gasteiger partial charge is 0.458 e. The highest BCUT2D eigenvalue weighted by atomic mass is 28.4. The number of fused-ring (bicyclic) bond motifs is 1. The van der Waals surface area contributed by atoms with Crippen molar-refractivity contribution in [2.45, 2.75) is 99.1 Å². The van der Waals surface area contributed by atoms with Crippen molar-refractivity contribution < 1.29 is 18.4 Å². The average Bonchev–Trinajstić information content (AvgIpc) is 3.17. The highest BCUT2D eigenvalue weighted by Gasteiger charge is 2.37. The molecule has 0 atom stereocenters. The van der Waals surface area contributed by atoms with Crippen molar-refractivity contribution in [1.82, 2.24) is 4.57 Å². The summed E-state index contributed by atoms with van der Waals surface area (Å²) in [6.45, 7) is 22.5. The van der Waals surface area contributed by atoms with Crippen LogP contribution in [0.25, 0.3) is 22.2 Å². The number of rotatable bonds is 6. The van der Waals surface area contributed by atoms with Gasteiger partial charge in [-0.3, -0.25) is 9.36 Å². The van der Waals surface area contributed by atoms with Gasteiger partial charge in [-0.1, -0.05) is 50.6 Å². The lowest BCUT2D eigenvalue weighted by atomic mass is 10.0. The van der Waals surface area contributed by atoms with Crippen molar-refractivity contribution in [2.75, 3.05) is 0 Å². The van der Waals surface area contributed by atoms with Crippen LogP contribution in [0.1, 0.15) is 72.3 Å². The SMILES string of the molecule is CC(C)=CCc1cccc2c(-c3oc(CO[Si](C)(C)C(C)(C)C)cc(=O)c3C)cn(C(=O)OC(C)(C)C)c12. The second kappa shape index (κ2) is 10.7. The maximum atomic E-state index is 13.4. The minimum Gasteiger partial charge on any atom is -0.458 e. The van der Waals surface area contributed by atoms with E-state index in [9.17, 15) is 9.59 Å². The quantitative estimate of drug-likeness (QED) is 0.233. The van der Waals surface area contributed by atoms with Crippen LogP contribution in [-0.2, 0) is 22.2 Å². The molecule has 0 amide bonds. The van der Waals surface area contributed by atoms with E-state index in [0.717, 1.165) is 16.5 Å². The molecular weight excluding hydrogens is 494 g/mol. The predicted molar refractivity (Wildman–Crippen MR) is 157 cm³/mol. The average molecular weight is 538 g/mol. The van der Waals surface area contributed by atoms with Gasteiger partial charge in [0.15, 0.2) is 13.7 Å². The van der Waals surface area contributed by atoms with Crippen LogP contribution in [0.15, 0.2) is 51.3 Å². The summed E-state index contributed by atoms with van der Waals surface area (Å²) in [4.78, 5) is 26.4. The molecule has 6 nitrogen and oxygen atoms in total. The molecule has 0 bridgehead atoms. The lowest BCUT2D eigenvalue weighted by Crippen LogP contribution is -2.40. The Balaban J connectivity index is 2.21. The minimum atomic E-state index is -2.05. The normalized spacial score (nSPS) is 12.6. The van der Waals surface area contributed by atoms with E-state index < -0.39 is 20.0 Å². The lowest BCUT2D eigenvalue weighted by molar-refractivity contribution is 0.0544. The molecule has 0 fully saturated rings. The van der Waals surface area contributed by atoms with E-state index in [-0.39, 0.29) is 17.1 Å². The van der Waals surface area contributed by atoms with Crippen molar-refractivity contribution in [3.63, 3.8) is 0 Å². The van der Waals surface area contributed by atoms with Crippen LogP contribution in [0.5, 0.6) is 0 Å². The number of hydrogen-bond acceptors (Lipinski definition) is 5. The molecule has 0 unspecified atom stereocenters. The van der Waals surface area contributed by atoms with E-state index in [1.165, 1.54) is 11.6 Å². The van der Waals surface area contributed by atoms with Gasteiger partial charge in [-0.25, -0.2) is 4.79 Å². The summed E-state index contributed by atoms with van der Waals surface area (Å²) in [7, 11) is -2.05. The fourth-order valence-electron chi connectivity index (χ4n) is 3.87. The molecule has 2 aromatic heterocycles. The van der Waals surface area contributed by atoms with Crippen LogP contribution in [0.4, 0.5) is 4.79 Å². The van der Waals surface area contributed by atoms with Gasteiger partial charge in [0.2, 0.25) is 0 Å². The molecule has 0 spiro atoms. The number of carbonyl (C=O) groups excluding carboxylic acids is 1. The van der Waals surface area contributed by atoms with E-state index in [2.05, 4.69) is 39.9 Å². The zero-order chi connectivity index (χ0) is 28.6. The van der Waals surface area contributed by atoms with E-state index in [1.807, 2.05) is 52.8 Å². The summed E-state index contributed by atoms with van der Waals surface area (Å²) in [6.07, 6.45) is 4.05. The third-order valence-corrected chi connectivity index (χ3v) is 11.6. The number of nitrogens with zero attached hydrogens (tertiary/aromatic N) is 1. The van der Waals surface area contributed by atoms with Gasteiger partial charge in [0, 0.05) is 28.8 Å². The zero-order valence-electron chi connectivity index (χ0n) is 24.9. The van der Waals surface area contributed by atoms with Gasteiger partial charge in [-0.15, -0.1) is 0 Å². The summed E-state index contributed by atoms with van der Waals surface area (Å²) in [6, 6.07) is 7.45. The van der Waals surface area contributed by atoms with Gasteiger partial charge < -0.3 is 13.6 Å². The van der Waals surface area contributed by atoms with Gasteiger partial charge in [0.05, 0.1) is 12.1 Å². The van der Waals surface area contributed by atoms with Gasteiger partial charge in [-0.05, 0) is 71.7 Å². The summed E-state index contributed by atoms with van der Waals surface area (Å²) >= 11 is 0. The molecule has 0 N–H and O–H groups in total. The Kier molecular flexibility index (Phi) is 8.34. The summed E-state index contributed by atoms with van der Waals surface area (Å²) < 4.78 is 20.0. The summed E-state index contributed by atoms with van der Waals surface area (Å²) in [5, 5.41) is 0.854. The molecule has 0 saturated carbocycles. The second-order valence-electron chi connectivity index (χ2n) is 12.8. The van der Waals surface area contributed by atoms with Crippen LogP contribution in [0, 0.1) is 6.92 Å². The first-order valence-electron chi connectivity index (χ1n) is 13.2. The standard InChI is InChI=1S/C31H43NO5Si/c1-20(2)15-16-22-13-12-14-24-25(18-32(27(22)24)29(34)37-30(4,5)6)28-21(3)26(33)17-23(36-28)19-35-38(10,11)31(7,8)9/h12-15,17-18H,16,19H2,1-11H3. The van der Waals surface area contributed by atoms with Crippen LogP contribution in [-0.4, -0.2) is 24.6 Å². The molecule has 7 heteroatoms. The fourth-order valence-corrected chi connectivity index (χ4v) is 4.81. The Labute approximate surface area is 227 Å². The Morgan fingerprint density at radius 2 is 1.76 bits per heavy atom. The molecule has 3 rings (SSSR count). The number of para-hydroxylation sites is 1. The third kappa shape index (κ3) is 6.56. The first-order chi connectivity index (χ1) is 17.4. The van der Waals surface area contributed by atoms with Crippen LogP contribution in [0.2, 0.25) is 18.1 Å². The fraction of sp³-hybridized carbons (Fsp3) is 0.484. The van der Waals surface area contributed by atoms with Gasteiger partial charge in [0.25, 0.3) is 0 Å². The highest BCUT2D eigenvalue weighted by molar-refractivity contribution is 6.74. The van der Waals surface area contributed by atoms with Gasteiger partial charge in [-0.2, -0.15) is 0 Å². The predicted octanol–water partition coefficient (Wildman–Crippen LogP) is 8.38. The third-order valence-electron chi connectivity index (χ3n) is 7.09. The number of aromatic nitrogens is 1. The zero-order valence-corrected chi connectivity index (χ0v) is 25.9. The first kappa shape index (κ1) is 29.6. The highest BCUT2D eigenvalue weighted by Crippen LogP contribution is 2.38. The molecule has 1 aromatic carbocycles. The number of hydrogen-bond donors (Lipinski definition) is 0. The molecule has 3 aromatic rings. The van der Waals surface area contributed by atoms with Crippen molar-refractivity contribution in [3.8, 4) is 11.3 Å². The number of benzene rings is 1. The lowest BCUT2D eigenvalue weighted by Gasteiger charge is -2.35.